The first-order chi connectivity index (χ1) is 12.1. The van der Waals surface area contributed by atoms with Gasteiger partial charge in [0.15, 0.2) is 0 Å². The first-order valence-electron chi connectivity index (χ1n) is 7.77. The van der Waals surface area contributed by atoms with Crippen molar-refractivity contribution >= 4 is 16.4 Å². The fourth-order valence-corrected chi connectivity index (χ4v) is 2.94. The number of rotatable bonds is 7. The molecule has 0 amide bonds. The number of carboxylic acids is 1. The molecule has 2 rings (SSSR count). The lowest BCUT2D eigenvalue weighted by Crippen LogP contribution is -2.10. The molecule has 2 aromatic carbocycles. The molecule has 2 N–H and O–H groups in total. The molecule has 0 aliphatic carbocycles. The van der Waals surface area contributed by atoms with Gasteiger partial charge in [-0.25, -0.2) is 0 Å². The highest BCUT2D eigenvalue weighted by atomic mass is 32.3. The largest absolute Gasteiger partial charge is 0.489 e. The Bertz CT molecular complexity index is 933. The number of benzene rings is 2. The van der Waals surface area contributed by atoms with E-state index in [-0.39, 0.29) is 18.8 Å². The normalized spacial score (nSPS) is 11.2. The third kappa shape index (κ3) is 5.21. The van der Waals surface area contributed by atoms with Gasteiger partial charge >= 0.3 is 16.4 Å². The summed E-state index contributed by atoms with van der Waals surface area (Å²) in [7, 11) is -4.62. The predicted molar refractivity (Wildman–Crippen MR) is 94.9 cm³/mol. The van der Waals surface area contributed by atoms with Crippen molar-refractivity contribution in [2.75, 3.05) is 0 Å². The fourth-order valence-electron chi connectivity index (χ4n) is 2.53. The quantitative estimate of drug-likeness (QED) is 0.711. The third-order valence-corrected chi connectivity index (χ3v) is 4.35. The van der Waals surface area contributed by atoms with Crippen LogP contribution in [0.25, 0.3) is 0 Å². The predicted octanol–water partition coefficient (Wildman–Crippen LogP) is 3.00. The lowest BCUT2D eigenvalue weighted by molar-refractivity contribution is -0.136. The summed E-state index contributed by atoms with van der Waals surface area (Å²) in [5.41, 5.74) is 3.58. The molecule has 2 aromatic rings. The highest BCUT2D eigenvalue weighted by Gasteiger charge is 2.15. The summed E-state index contributed by atoms with van der Waals surface area (Å²) >= 11 is 0. The molecule has 0 saturated carbocycles. The van der Waals surface area contributed by atoms with Gasteiger partial charge in [-0.2, -0.15) is 8.42 Å². The lowest BCUT2D eigenvalue weighted by Gasteiger charge is -2.16. The number of carbonyl (C=O) groups is 1. The first-order valence-corrected chi connectivity index (χ1v) is 9.13. The Morgan fingerprint density at radius 2 is 1.69 bits per heavy atom. The van der Waals surface area contributed by atoms with E-state index in [1.54, 1.807) is 31.2 Å². The van der Waals surface area contributed by atoms with Crippen molar-refractivity contribution < 1.29 is 31.8 Å². The van der Waals surface area contributed by atoms with Crippen molar-refractivity contribution in [3.05, 3.63) is 58.1 Å². The van der Waals surface area contributed by atoms with E-state index >= 15 is 0 Å². The lowest BCUT2D eigenvalue weighted by atomic mass is 10.0. The topological polar surface area (TPSA) is 110 Å². The third-order valence-electron chi connectivity index (χ3n) is 3.96. The van der Waals surface area contributed by atoms with Gasteiger partial charge in [0, 0.05) is 0 Å². The van der Waals surface area contributed by atoms with Crippen LogP contribution < -0.4 is 8.92 Å². The summed E-state index contributed by atoms with van der Waals surface area (Å²) in [6, 6.07) is 8.31. The minimum absolute atomic E-state index is 0.0213. The van der Waals surface area contributed by atoms with Crippen LogP contribution in [0.3, 0.4) is 0 Å². The van der Waals surface area contributed by atoms with Crippen LogP contribution in [-0.4, -0.2) is 24.0 Å². The molecule has 8 heteroatoms. The van der Waals surface area contributed by atoms with E-state index in [1.807, 2.05) is 13.8 Å². The van der Waals surface area contributed by atoms with Gasteiger partial charge in [-0.3, -0.25) is 9.35 Å². The Morgan fingerprint density at radius 3 is 2.31 bits per heavy atom. The number of hydrogen-bond acceptors (Lipinski definition) is 5. The zero-order valence-corrected chi connectivity index (χ0v) is 15.5. The maximum absolute atomic E-state index is 11.0. The molecular weight excluding hydrogens is 360 g/mol. The van der Waals surface area contributed by atoms with Crippen molar-refractivity contribution in [2.24, 2.45) is 0 Å². The van der Waals surface area contributed by atoms with E-state index in [0.29, 0.717) is 22.4 Å². The second-order valence-corrected chi connectivity index (χ2v) is 6.98. The van der Waals surface area contributed by atoms with Crippen LogP contribution in [0.2, 0.25) is 0 Å². The van der Waals surface area contributed by atoms with Crippen LogP contribution in [0, 0.1) is 20.8 Å². The monoisotopic (exact) mass is 380 g/mol. The van der Waals surface area contributed by atoms with E-state index in [4.69, 9.17) is 14.4 Å². The van der Waals surface area contributed by atoms with E-state index in [1.165, 1.54) is 6.07 Å². The van der Waals surface area contributed by atoms with Crippen molar-refractivity contribution in [3.8, 4) is 11.5 Å². The highest BCUT2D eigenvalue weighted by molar-refractivity contribution is 7.81. The number of carboxylic acid groups (broad SMARTS) is 1. The van der Waals surface area contributed by atoms with Gasteiger partial charge in [0.2, 0.25) is 0 Å². The minimum atomic E-state index is -4.62. The Balaban J connectivity index is 2.27. The second kappa shape index (κ2) is 7.76. The molecule has 0 heterocycles. The maximum atomic E-state index is 11.0. The Labute approximate surface area is 152 Å². The van der Waals surface area contributed by atoms with Gasteiger partial charge in [0.1, 0.15) is 18.1 Å². The van der Waals surface area contributed by atoms with Gasteiger partial charge in [-0.05, 0) is 60.7 Å². The van der Waals surface area contributed by atoms with Crippen LogP contribution >= 0.6 is 0 Å². The average molecular weight is 380 g/mol. The van der Waals surface area contributed by atoms with Crippen molar-refractivity contribution in [2.45, 2.75) is 33.8 Å². The summed E-state index contributed by atoms with van der Waals surface area (Å²) in [6.07, 6.45) is -0.105. The molecule has 140 valence electrons. The molecule has 0 bridgehead atoms. The second-order valence-electron chi connectivity index (χ2n) is 5.95. The minimum Gasteiger partial charge on any atom is -0.489 e. The van der Waals surface area contributed by atoms with Gasteiger partial charge in [0.25, 0.3) is 0 Å². The highest BCUT2D eigenvalue weighted by Crippen LogP contribution is 2.28. The van der Waals surface area contributed by atoms with Crippen LogP contribution in [0.15, 0.2) is 30.3 Å². The maximum Gasteiger partial charge on any atom is 0.446 e. The summed E-state index contributed by atoms with van der Waals surface area (Å²) in [6.45, 7) is 5.49. The fraction of sp³-hybridized carbons (Fsp3) is 0.278. The van der Waals surface area contributed by atoms with Crippen LogP contribution in [-0.2, 0) is 28.2 Å². The van der Waals surface area contributed by atoms with E-state index in [9.17, 15) is 13.2 Å². The molecule has 26 heavy (non-hydrogen) atoms. The summed E-state index contributed by atoms with van der Waals surface area (Å²) < 4.78 is 41.2. The van der Waals surface area contributed by atoms with Gasteiger partial charge in [-0.1, -0.05) is 18.2 Å². The molecule has 7 nitrogen and oxygen atoms in total. The molecule has 0 radical (unpaired) electrons. The molecule has 0 atom stereocenters. The number of hydrogen-bond donors (Lipinski definition) is 2. The van der Waals surface area contributed by atoms with Crippen LogP contribution in [0.5, 0.6) is 11.5 Å². The molecule has 0 saturated heterocycles. The Hall–Kier alpha value is -2.58. The van der Waals surface area contributed by atoms with E-state index in [0.717, 1.165) is 11.1 Å². The molecule has 0 fully saturated rings. The standard InChI is InChI=1S/C18H20O7S/c1-11-5-7-16(25-26(21,22)23)13(3)15(11)10-24-17-8-14(9-18(19)20)6-4-12(17)2/h4-8H,9-10H2,1-3H3,(H,19,20)(H,21,22,23). The van der Waals surface area contributed by atoms with Gasteiger partial charge in [0.05, 0.1) is 6.42 Å². The Kier molecular flexibility index (Phi) is 5.89. The van der Waals surface area contributed by atoms with Crippen molar-refractivity contribution in [3.63, 3.8) is 0 Å². The summed E-state index contributed by atoms with van der Waals surface area (Å²) in [5, 5.41) is 8.91. The summed E-state index contributed by atoms with van der Waals surface area (Å²) in [4.78, 5) is 10.9. The number of ether oxygens (including phenoxy) is 1. The molecule has 0 unspecified atom stereocenters. The van der Waals surface area contributed by atoms with Gasteiger partial charge in [-0.15, -0.1) is 0 Å². The summed E-state index contributed by atoms with van der Waals surface area (Å²) in [5.74, 6) is -0.363. The molecule has 0 aliphatic rings. The number of aliphatic carboxylic acids is 1. The molecule has 0 aromatic heterocycles. The van der Waals surface area contributed by atoms with Crippen LogP contribution in [0.4, 0.5) is 0 Å². The molecular formula is C18H20O7S. The van der Waals surface area contributed by atoms with Crippen LogP contribution in [0.1, 0.15) is 27.8 Å². The SMILES string of the molecule is Cc1ccc(CC(=O)O)cc1OCc1c(C)ccc(OS(=O)(=O)O)c1C. The number of aryl methyl sites for hydroxylation is 2. The van der Waals surface area contributed by atoms with E-state index < -0.39 is 16.4 Å². The Morgan fingerprint density at radius 1 is 1.04 bits per heavy atom. The zero-order chi connectivity index (χ0) is 19.5. The zero-order valence-electron chi connectivity index (χ0n) is 14.6. The molecule has 0 aliphatic heterocycles. The first kappa shape index (κ1) is 19.7. The van der Waals surface area contributed by atoms with Gasteiger partial charge < -0.3 is 14.0 Å². The van der Waals surface area contributed by atoms with Crippen molar-refractivity contribution in [1.29, 1.82) is 0 Å². The average Bonchev–Trinajstić information content (AvgIpc) is 2.51. The smallest absolute Gasteiger partial charge is 0.446 e. The van der Waals surface area contributed by atoms with Crippen molar-refractivity contribution in [1.82, 2.24) is 0 Å². The molecule has 0 spiro atoms. The van der Waals surface area contributed by atoms with E-state index in [2.05, 4.69) is 4.18 Å².